The third-order valence-corrected chi connectivity index (χ3v) is 5.60. The second-order valence-corrected chi connectivity index (χ2v) is 8.48. The maximum atomic E-state index is 13.3. The van der Waals surface area contributed by atoms with E-state index in [2.05, 4.69) is 34.5 Å². The Morgan fingerprint density at radius 2 is 1.96 bits per heavy atom. The number of nitrogens with zero attached hydrogens (tertiary/aromatic N) is 4. The normalized spacial score (nSPS) is 13.6. The number of halogens is 1. The monoisotopic (exact) mass is 399 g/mol. The van der Waals surface area contributed by atoms with Gasteiger partial charge in [0.2, 0.25) is 5.13 Å². The Hall–Kier alpha value is -2.61. The van der Waals surface area contributed by atoms with Gasteiger partial charge < -0.3 is 0 Å². The molecular weight excluding hydrogens is 377 g/mol. The highest BCUT2D eigenvalue weighted by molar-refractivity contribution is 7.15. The highest BCUT2D eigenvalue weighted by atomic mass is 32.1. The topological polar surface area (TPSA) is 72.7 Å². The highest BCUT2D eigenvalue weighted by Crippen LogP contribution is 2.28. The van der Waals surface area contributed by atoms with Crippen molar-refractivity contribution in [2.75, 3.05) is 5.32 Å². The Balaban J connectivity index is 1.63. The standard InChI is InChI=1S/C20H22FN5OS/c1-12(2)11-17-23-24-20(28-17)22-19(27)18-15-5-3-4-6-16(15)26(25-18)14-9-7-13(21)8-10-14/h7-10,12H,3-6,11H2,1-2H3,(H,22,24,27). The van der Waals surface area contributed by atoms with Gasteiger partial charge in [-0.05, 0) is 55.9 Å². The van der Waals surface area contributed by atoms with Crippen LogP contribution in [-0.4, -0.2) is 25.9 Å². The van der Waals surface area contributed by atoms with Crippen molar-refractivity contribution in [3.63, 3.8) is 0 Å². The van der Waals surface area contributed by atoms with E-state index in [0.717, 1.165) is 54.1 Å². The van der Waals surface area contributed by atoms with Gasteiger partial charge in [-0.2, -0.15) is 5.10 Å². The molecule has 1 N–H and O–H groups in total. The molecule has 1 aliphatic carbocycles. The molecule has 3 aromatic rings. The molecule has 0 spiro atoms. The summed E-state index contributed by atoms with van der Waals surface area (Å²) in [7, 11) is 0. The molecule has 0 bridgehead atoms. The molecule has 0 fully saturated rings. The van der Waals surface area contributed by atoms with E-state index < -0.39 is 0 Å². The molecule has 2 aromatic heterocycles. The van der Waals surface area contributed by atoms with Gasteiger partial charge in [0.25, 0.3) is 5.91 Å². The fraction of sp³-hybridized carbons (Fsp3) is 0.400. The van der Waals surface area contributed by atoms with Gasteiger partial charge in [0, 0.05) is 17.7 Å². The Morgan fingerprint density at radius 3 is 2.71 bits per heavy atom. The third kappa shape index (κ3) is 3.82. The minimum Gasteiger partial charge on any atom is -0.295 e. The van der Waals surface area contributed by atoms with Crippen LogP contribution in [0.15, 0.2) is 24.3 Å². The molecule has 0 aliphatic heterocycles. The van der Waals surface area contributed by atoms with Crippen molar-refractivity contribution < 1.29 is 9.18 Å². The summed E-state index contributed by atoms with van der Waals surface area (Å²) in [6.45, 7) is 4.24. The zero-order valence-electron chi connectivity index (χ0n) is 15.9. The molecule has 1 aliphatic rings. The van der Waals surface area contributed by atoms with Crippen molar-refractivity contribution in [3.8, 4) is 5.69 Å². The predicted octanol–water partition coefficient (Wildman–Crippen LogP) is 4.19. The fourth-order valence-electron chi connectivity index (χ4n) is 3.47. The molecule has 1 amide bonds. The van der Waals surface area contributed by atoms with E-state index in [1.807, 2.05) is 0 Å². The summed E-state index contributed by atoms with van der Waals surface area (Å²) in [4.78, 5) is 12.9. The van der Waals surface area contributed by atoms with E-state index in [-0.39, 0.29) is 11.7 Å². The molecule has 28 heavy (non-hydrogen) atoms. The van der Waals surface area contributed by atoms with E-state index in [0.29, 0.717) is 16.7 Å². The van der Waals surface area contributed by atoms with Gasteiger partial charge in [0.15, 0.2) is 5.69 Å². The number of carbonyl (C=O) groups excluding carboxylic acids is 1. The maximum absolute atomic E-state index is 13.3. The highest BCUT2D eigenvalue weighted by Gasteiger charge is 2.26. The molecule has 1 aromatic carbocycles. The number of amides is 1. The molecule has 0 saturated heterocycles. The van der Waals surface area contributed by atoms with Gasteiger partial charge >= 0.3 is 0 Å². The minimum absolute atomic E-state index is 0.272. The molecule has 146 valence electrons. The van der Waals surface area contributed by atoms with Gasteiger partial charge in [-0.15, -0.1) is 10.2 Å². The van der Waals surface area contributed by atoms with E-state index in [1.54, 1.807) is 16.8 Å². The molecule has 0 unspecified atom stereocenters. The van der Waals surface area contributed by atoms with Crippen LogP contribution in [0, 0.1) is 11.7 Å². The number of rotatable bonds is 5. The van der Waals surface area contributed by atoms with Crippen LogP contribution < -0.4 is 5.32 Å². The smallest absolute Gasteiger partial charge is 0.278 e. The van der Waals surface area contributed by atoms with Crippen LogP contribution >= 0.6 is 11.3 Å². The summed E-state index contributed by atoms with van der Waals surface area (Å²) in [5, 5.41) is 17.0. The number of hydrogen-bond donors (Lipinski definition) is 1. The Morgan fingerprint density at radius 1 is 1.21 bits per heavy atom. The largest absolute Gasteiger partial charge is 0.295 e. The lowest BCUT2D eigenvalue weighted by atomic mass is 9.95. The first kappa shape index (κ1) is 18.7. The predicted molar refractivity (Wildman–Crippen MR) is 107 cm³/mol. The first-order chi connectivity index (χ1) is 13.5. The third-order valence-electron chi connectivity index (χ3n) is 4.74. The SMILES string of the molecule is CC(C)Cc1nnc(NC(=O)c2nn(-c3ccc(F)cc3)c3c2CCCC3)s1. The molecule has 2 heterocycles. The van der Waals surface area contributed by atoms with Crippen molar-refractivity contribution >= 4 is 22.4 Å². The molecular formula is C20H22FN5OS. The van der Waals surface area contributed by atoms with E-state index >= 15 is 0 Å². The zero-order chi connectivity index (χ0) is 19.7. The van der Waals surface area contributed by atoms with Gasteiger partial charge in [-0.3, -0.25) is 10.1 Å². The number of fused-ring (bicyclic) bond motifs is 1. The Labute approximate surface area is 166 Å². The van der Waals surface area contributed by atoms with Gasteiger partial charge in [-0.25, -0.2) is 9.07 Å². The fourth-order valence-corrected chi connectivity index (χ4v) is 4.42. The Bertz CT molecular complexity index is 993. The molecule has 0 radical (unpaired) electrons. The summed E-state index contributed by atoms with van der Waals surface area (Å²) in [5.74, 6) is -0.0857. The molecule has 8 heteroatoms. The minimum atomic E-state index is -0.295. The second kappa shape index (κ2) is 7.79. The number of nitrogens with one attached hydrogen (secondary N) is 1. The summed E-state index contributed by atoms with van der Waals surface area (Å²) >= 11 is 1.40. The first-order valence-corrected chi connectivity index (χ1v) is 10.3. The quantitative estimate of drug-likeness (QED) is 0.698. The zero-order valence-corrected chi connectivity index (χ0v) is 16.7. The number of hydrogen-bond acceptors (Lipinski definition) is 5. The number of benzene rings is 1. The molecule has 4 rings (SSSR count). The van der Waals surface area contributed by atoms with Crippen molar-refractivity contribution in [3.05, 3.63) is 52.0 Å². The van der Waals surface area contributed by atoms with Crippen molar-refractivity contribution in [2.24, 2.45) is 5.92 Å². The van der Waals surface area contributed by atoms with Gasteiger partial charge in [0.1, 0.15) is 10.8 Å². The first-order valence-electron chi connectivity index (χ1n) is 9.51. The van der Waals surface area contributed by atoms with Crippen molar-refractivity contribution in [2.45, 2.75) is 46.0 Å². The molecule has 0 saturated carbocycles. The van der Waals surface area contributed by atoms with Crippen LogP contribution in [0.4, 0.5) is 9.52 Å². The maximum Gasteiger partial charge on any atom is 0.278 e. The lowest BCUT2D eigenvalue weighted by Gasteiger charge is -2.14. The van der Waals surface area contributed by atoms with E-state index in [1.165, 1.54) is 23.5 Å². The summed E-state index contributed by atoms with van der Waals surface area (Å²) < 4.78 is 15.1. The van der Waals surface area contributed by atoms with Crippen LogP contribution in [0.3, 0.4) is 0 Å². The summed E-state index contributed by atoms with van der Waals surface area (Å²) in [6, 6.07) is 6.18. The number of carbonyl (C=O) groups is 1. The molecule has 6 nitrogen and oxygen atoms in total. The van der Waals surface area contributed by atoms with Crippen molar-refractivity contribution in [1.82, 2.24) is 20.0 Å². The average Bonchev–Trinajstić information content (AvgIpc) is 3.26. The lowest BCUT2D eigenvalue weighted by molar-refractivity contribution is 0.102. The average molecular weight is 399 g/mol. The summed E-state index contributed by atoms with van der Waals surface area (Å²) in [5.41, 5.74) is 3.18. The van der Waals surface area contributed by atoms with Crippen LogP contribution in [-0.2, 0) is 19.3 Å². The van der Waals surface area contributed by atoms with Crippen LogP contribution in [0.2, 0.25) is 0 Å². The number of anilines is 1. The van der Waals surface area contributed by atoms with Gasteiger partial charge in [0.05, 0.1) is 5.69 Å². The lowest BCUT2D eigenvalue weighted by Crippen LogP contribution is -2.15. The van der Waals surface area contributed by atoms with Gasteiger partial charge in [-0.1, -0.05) is 25.2 Å². The van der Waals surface area contributed by atoms with E-state index in [4.69, 9.17) is 0 Å². The number of aromatic nitrogens is 4. The van der Waals surface area contributed by atoms with E-state index in [9.17, 15) is 9.18 Å². The van der Waals surface area contributed by atoms with Crippen molar-refractivity contribution in [1.29, 1.82) is 0 Å². The van der Waals surface area contributed by atoms with Crippen LogP contribution in [0.5, 0.6) is 0 Å². The van der Waals surface area contributed by atoms with Crippen LogP contribution in [0.1, 0.15) is 53.4 Å². The van der Waals surface area contributed by atoms with Crippen LogP contribution in [0.25, 0.3) is 5.69 Å². The second-order valence-electron chi connectivity index (χ2n) is 7.42. The Kier molecular flexibility index (Phi) is 5.21. The molecule has 0 atom stereocenters. The summed E-state index contributed by atoms with van der Waals surface area (Å²) in [6.07, 6.45) is 4.58.